The molecule has 0 aliphatic carbocycles. The van der Waals surface area contributed by atoms with Crippen LogP contribution in [0, 0.1) is 0 Å². The molecule has 1 aliphatic heterocycles. The quantitative estimate of drug-likeness (QED) is 0.863. The van der Waals surface area contributed by atoms with Gasteiger partial charge in [0.25, 0.3) is 10.0 Å². The summed E-state index contributed by atoms with van der Waals surface area (Å²) >= 11 is 0. The van der Waals surface area contributed by atoms with Gasteiger partial charge in [0.15, 0.2) is 5.84 Å². The van der Waals surface area contributed by atoms with Gasteiger partial charge in [-0.05, 0) is 26.0 Å². The largest absolute Gasteiger partial charge is 0.389 e. The first-order chi connectivity index (χ1) is 8.21. The Morgan fingerprint density at radius 2 is 1.94 bits per heavy atom. The van der Waals surface area contributed by atoms with Gasteiger partial charge < -0.3 is 10.0 Å². The molecule has 1 aromatic rings. The number of nitrogens with zero attached hydrogens (tertiary/aromatic N) is 2. The van der Waals surface area contributed by atoms with E-state index < -0.39 is 15.6 Å². The third-order valence-electron chi connectivity index (χ3n) is 2.60. The van der Waals surface area contributed by atoms with Crippen molar-refractivity contribution in [2.24, 2.45) is 4.40 Å². The van der Waals surface area contributed by atoms with Crippen molar-refractivity contribution in [3.05, 3.63) is 29.8 Å². The first-order valence-corrected chi connectivity index (χ1v) is 7.03. The Balaban J connectivity index is 2.43. The van der Waals surface area contributed by atoms with Crippen molar-refractivity contribution < 1.29 is 13.5 Å². The normalized spacial score (nSPS) is 17.2. The minimum atomic E-state index is -3.59. The van der Waals surface area contributed by atoms with E-state index in [1.807, 2.05) is 0 Å². The zero-order chi connectivity index (χ0) is 13.6. The maximum atomic E-state index is 11.9. The van der Waals surface area contributed by atoms with Crippen LogP contribution in [0.1, 0.15) is 19.4 Å². The van der Waals surface area contributed by atoms with E-state index in [2.05, 4.69) is 4.40 Å². The van der Waals surface area contributed by atoms with Gasteiger partial charge in [-0.1, -0.05) is 12.1 Å². The van der Waals surface area contributed by atoms with Gasteiger partial charge in [-0.25, -0.2) is 0 Å². The minimum absolute atomic E-state index is 0.225. The summed E-state index contributed by atoms with van der Waals surface area (Å²) in [5.74, 6) is 0.382. The molecule has 0 aromatic heterocycles. The van der Waals surface area contributed by atoms with Gasteiger partial charge in [-0.15, -0.1) is 4.40 Å². The summed E-state index contributed by atoms with van der Waals surface area (Å²) in [4.78, 5) is 1.88. The lowest BCUT2D eigenvalue weighted by Gasteiger charge is -2.26. The van der Waals surface area contributed by atoms with Crippen molar-refractivity contribution in [2.75, 3.05) is 13.6 Å². The number of likely N-dealkylation sites (N-methyl/N-ethyl adjacent to an activating group) is 1. The maximum absolute atomic E-state index is 11.9. The highest BCUT2D eigenvalue weighted by atomic mass is 32.2. The van der Waals surface area contributed by atoms with E-state index in [9.17, 15) is 13.5 Å². The van der Waals surface area contributed by atoms with Gasteiger partial charge in [0, 0.05) is 19.2 Å². The molecule has 0 radical (unpaired) electrons. The first kappa shape index (κ1) is 13.0. The Hall–Kier alpha value is -1.40. The molecule has 0 atom stereocenters. The van der Waals surface area contributed by atoms with Gasteiger partial charge >= 0.3 is 0 Å². The van der Waals surface area contributed by atoms with Crippen LogP contribution in [0.3, 0.4) is 0 Å². The van der Waals surface area contributed by atoms with Crippen LogP contribution in [0.5, 0.6) is 0 Å². The van der Waals surface area contributed by atoms with Crippen LogP contribution in [0.15, 0.2) is 33.6 Å². The lowest BCUT2D eigenvalue weighted by atomic mass is 10.1. The fourth-order valence-electron chi connectivity index (χ4n) is 2.02. The lowest BCUT2D eigenvalue weighted by molar-refractivity contribution is 0.0616. The predicted octanol–water partition coefficient (Wildman–Crippen LogP) is 0.838. The smallest absolute Gasteiger partial charge is 0.285 e. The molecule has 1 N–H and O–H groups in total. The van der Waals surface area contributed by atoms with Gasteiger partial charge in [-0.3, -0.25) is 0 Å². The van der Waals surface area contributed by atoms with E-state index in [1.54, 1.807) is 50.1 Å². The van der Waals surface area contributed by atoms with Crippen molar-refractivity contribution in [1.29, 1.82) is 0 Å². The van der Waals surface area contributed by atoms with Crippen LogP contribution >= 0.6 is 0 Å². The van der Waals surface area contributed by atoms with E-state index in [0.717, 1.165) is 0 Å². The third-order valence-corrected chi connectivity index (χ3v) is 3.92. The summed E-state index contributed by atoms with van der Waals surface area (Å²) in [5, 5.41) is 9.78. The predicted molar refractivity (Wildman–Crippen MR) is 69.1 cm³/mol. The Morgan fingerprint density at radius 1 is 1.33 bits per heavy atom. The number of hydrogen-bond donors (Lipinski definition) is 1. The second kappa shape index (κ2) is 4.07. The van der Waals surface area contributed by atoms with Gasteiger partial charge in [-0.2, -0.15) is 8.42 Å². The third kappa shape index (κ3) is 2.39. The molecular formula is C12H16N2O3S. The topological polar surface area (TPSA) is 70.0 Å². The van der Waals surface area contributed by atoms with Gasteiger partial charge in [0.2, 0.25) is 0 Å². The maximum Gasteiger partial charge on any atom is 0.285 e. The van der Waals surface area contributed by atoms with E-state index in [1.165, 1.54) is 0 Å². The highest BCUT2D eigenvalue weighted by molar-refractivity contribution is 7.90. The van der Waals surface area contributed by atoms with Crippen LogP contribution in [0.2, 0.25) is 0 Å². The number of rotatable bonds is 2. The molecule has 0 unspecified atom stereocenters. The fourth-order valence-corrected chi connectivity index (χ4v) is 3.27. The zero-order valence-electron chi connectivity index (χ0n) is 10.6. The Kier molecular flexibility index (Phi) is 2.95. The summed E-state index contributed by atoms with van der Waals surface area (Å²) in [6.45, 7) is 3.63. The van der Waals surface area contributed by atoms with E-state index >= 15 is 0 Å². The van der Waals surface area contributed by atoms with Crippen LogP contribution in [0.4, 0.5) is 0 Å². The SMILES string of the molecule is CN(CC(C)(C)O)C1=NS(=O)(=O)c2ccccc21. The number of benzene rings is 1. The molecule has 2 rings (SSSR count). The molecule has 5 nitrogen and oxygen atoms in total. The summed E-state index contributed by atoms with van der Waals surface area (Å²) in [6, 6.07) is 6.70. The molecule has 18 heavy (non-hydrogen) atoms. The standard InChI is InChI=1S/C12H16N2O3S/c1-12(2,15)8-14(3)11-9-6-4-5-7-10(9)18(16,17)13-11/h4-7,15H,8H2,1-3H3. The second-order valence-electron chi connectivity index (χ2n) is 5.05. The first-order valence-electron chi connectivity index (χ1n) is 5.59. The minimum Gasteiger partial charge on any atom is -0.389 e. The summed E-state index contributed by atoms with van der Waals surface area (Å²) in [7, 11) is -1.87. The highest BCUT2D eigenvalue weighted by Gasteiger charge is 2.31. The van der Waals surface area contributed by atoms with Crippen LogP contribution in [-0.4, -0.2) is 43.5 Å². The van der Waals surface area contributed by atoms with Gasteiger partial charge in [0.1, 0.15) is 4.90 Å². The van der Waals surface area contributed by atoms with Crippen molar-refractivity contribution in [3.8, 4) is 0 Å². The summed E-state index contributed by atoms with van der Waals surface area (Å²) < 4.78 is 27.5. The molecule has 0 bridgehead atoms. The molecule has 0 fully saturated rings. The Bertz CT molecular complexity index is 600. The molecule has 0 amide bonds. The monoisotopic (exact) mass is 268 g/mol. The Labute approximate surface area is 107 Å². The van der Waals surface area contributed by atoms with Crippen molar-refractivity contribution in [2.45, 2.75) is 24.3 Å². The van der Waals surface area contributed by atoms with Crippen molar-refractivity contribution >= 4 is 15.9 Å². The van der Waals surface area contributed by atoms with Crippen molar-refractivity contribution in [1.82, 2.24) is 4.90 Å². The van der Waals surface area contributed by atoms with Crippen molar-refractivity contribution in [3.63, 3.8) is 0 Å². The second-order valence-corrected chi connectivity index (χ2v) is 6.63. The lowest BCUT2D eigenvalue weighted by Crippen LogP contribution is -2.39. The zero-order valence-corrected chi connectivity index (χ0v) is 11.4. The highest BCUT2D eigenvalue weighted by Crippen LogP contribution is 2.27. The molecule has 6 heteroatoms. The van der Waals surface area contributed by atoms with E-state index in [-0.39, 0.29) is 4.90 Å². The molecule has 0 saturated heterocycles. The molecular weight excluding hydrogens is 252 g/mol. The molecule has 1 heterocycles. The number of sulfonamides is 1. The molecule has 0 spiro atoms. The fraction of sp³-hybridized carbons (Fsp3) is 0.417. The number of aliphatic hydroxyl groups is 1. The van der Waals surface area contributed by atoms with Crippen LogP contribution in [-0.2, 0) is 10.0 Å². The molecule has 0 saturated carbocycles. The number of fused-ring (bicyclic) bond motifs is 1. The summed E-state index contributed by atoms with van der Waals surface area (Å²) in [5.41, 5.74) is -0.331. The van der Waals surface area contributed by atoms with Gasteiger partial charge in [0.05, 0.1) is 5.60 Å². The molecule has 98 valence electrons. The molecule has 1 aliphatic rings. The van der Waals surface area contributed by atoms with Crippen LogP contribution in [0.25, 0.3) is 0 Å². The number of amidine groups is 1. The Morgan fingerprint density at radius 3 is 2.56 bits per heavy atom. The average molecular weight is 268 g/mol. The number of hydrogen-bond acceptors (Lipinski definition) is 4. The van der Waals surface area contributed by atoms with E-state index in [0.29, 0.717) is 17.9 Å². The molecule has 1 aromatic carbocycles. The summed E-state index contributed by atoms with van der Waals surface area (Å²) in [6.07, 6.45) is 0. The average Bonchev–Trinajstić information content (AvgIpc) is 2.50. The van der Waals surface area contributed by atoms with Crippen LogP contribution < -0.4 is 0 Å². The van der Waals surface area contributed by atoms with E-state index in [4.69, 9.17) is 0 Å².